The molecular formula is C26H23ClN4O5. The number of hydrogen-bond acceptors (Lipinski definition) is 6. The first-order valence-corrected chi connectivity index (χ1v) is 11.1. The number of anilines is 2. The lowest BCUT2D eigenvalue weighted by Crippen LogP contribution is -2.32. The van der Waals surface area contributed by atoms with Crippen molar-refractivity contribution in [2.45, 2.75) is 0 Å². The Morgan fingerprint density at radius 3 is 2.39 bits per heavy atom. The number of hydrogen-bond donors (Lipinski definition) is 3. The minimum absolute atomic E-state index is 0.217. The maximum absolute atomic E-state index is 12.1. The zero-order valence-electron chi connectivity index (χ0n) is 19.1. The van der Waals surface area contributed by atoms with Crippen LogP contribution in [0.2, 0.25) is 5.02 Å². The molecule has 9 nitrogen and oxygen atoms in total. The van der Waals surface area contributed by atoms with Crippen molar-refractivity contribution >= 4 is 46.9 Å². The number of carbonyl (C=O) groups is 3. The van der Waals surface area contributed by atoms with Gasteiger partial charge in [0.2, 0.25) is 0 Å². The van der Waals surface area contributed by atoms with E-state index >= 15 is 0 Å². The summed E-state index contributed by atoms with van der Waals surface area (Å²) in [7, 11) is 0. The van der Waals surface area contributed by atoms with Crippen LogP contribution < -0.4 is 25.5 Å². The van der Waals surface area contributed by atoms with E-state index in [1.165, 1.54) is 6.21 Å². The summed E-state index contributed by atoms with van der Waals surface area (Å²) >= 11 is 5.90. The van der Waals surface area contributed by atoms with Gasteiger partial charge in [0.05, 0.1) is 6.21 Å². The highest BCUT2D eigenvalue weighted by molar-refractivity contribution is 6.39. The van der Waals surface area contributed by atoms with Crippen molar-refractivity contribution < 1.29 is 23.9 Å². The fourth-order valence-electron chi connectivity index (χ4n) is 2.79. The van der Waals surface area contributed by atoms with Crippen LogP contribution in [-0.2, 0) is 14.4 Å². The largest absolute Gasteiger partial charge is 0.490 e. The third-order valence-electron chi connectivity index (χ3n) is 4.40. The topological polar surface area (TPSA) is 118 Å². The summed E-state index contributed by atoms with van der Waals surface area (Å²) in [5, 5.41) is 9.45. The molecule has 0 heterocycles. The van der Waals surface area contributed by atoms with Crippen LogP contribution in [0, 0.1) is 0 Å². The van der Waals surface area contributed by atoms with E-state index in [1.54, 1.807) is 78.9 Å². The molecule has 0 spiro atoms. The van der Waals surface area contributed by atoms with E-state index in [0.29, 0.717) is 40.1 Å². The lowest BCUT2D eigenvalue weighted by atomic mass is 10.2. The summed E-state index contributed by atoms with van der Waals surface area (Å²) in [6.07, 6.45) is 2.96. The molecule has 0 aliphatic heterocycles. The average Bonchev–Trinajstić information content (AvgIpc) is 2.87. The number of halogens is 1. The molecule has 0 aliphatic carbocycles. The maximum atomic E-state index is 12.1. The Bertz CT molecular complexity index is 1260. The fourth-order valence-corrected chi connectivity index (χ4v) is 2.98. The lowest BCUT2D eigenvalue weighted by molar-refractivity contribution is -0.136. The first kappa shape index (κ1) is 26.0. The van der Waals surface area contributed by atoms with E-state index in [1.807, 2.05) is 0 Å². The molecule has 0 saturated heterocycles. The Hall–Kier alpha value is -4.63. The van der Waals surface area contributed by atoms with Crippen LogP contribution >= 0.6 is 11.6 Å². The molecule has 0 unspecified atom stereocenters. The highest BCUT2D eigenvalue weighted by Gasteiger charge is 2.13. The molecule has 0 bridgehead atoms. The van der Waals surface area contributed by atoms with Crippen molar-refractivity contribution in [3.05, 3.63) is 96.0 Å². The first-order chi connectivity index (χ1) is 17.4. The minimum Gasteiger partial charge on any atom is -0.490 e. The van der Waals surface area contributed by atoms with Gasteiger partial charge in [0.15, 0.2) is 6.61 Å². The van der Waals surface area contributed by atoms with Crippen molar-refractivity contribution in [1.82, 2.24) is 5.43 Å². The summed E-state index contributed by atoms with van der Waals surface area (Å²) in [6.45, 7) is 3.71. The van der Waals surface area contributed by atoms with E-state index < -0.39 is 11.8 Å². The summed E-state index contributed by atoms with van der Waals surface area (Å²) in [5.41, 5.74) is 3.73. The number of hydrazone groups is 1. The summed E-state index contributed by atoms with van der Waals surface area (Å²) in [4.78, 5) is 36.2. The Balaban J connectivity index is 1.45. The van der Waals surface area contributed by atoms with Crippen molar-refractivity contribution in [2.75, 3.05) is 23.8 Å². The van der Waals surface area contributed by atoms with Crippen molar-refractivity contribution in [3.8, 4) is 11.5 Å². The Kier molecular flexibility index (Phi) is 9.60. The Labute approximate surface area is 212 Å². The van der Waals surface area contributed by atoms with E-state index in [9.17, 15) is 14.4 Å². The van der Waals surface area contributed by atoms with Gasteiger partial charge in [-0.2, -0.15) is 5.10 Å². The van der Waals surface area contributed by atoms with Gasteiger partial charge in [-0.1, -0.05) is 42.5 Å². The molecule has 36 heavy (non-hydrogen) atoms. The normalized spacial score (nSPS) is 10.4. The molecule has 3 aromatic carbocycles. The first-order valence-electron chi connectivity index (χ1n) is 10.7. The molecule has 184 valence electrons. The lowest BCUT2D eigenvalue weighted by Gasteiger charge is -2.08. The monoisotopic (exact) mass is 506 g/mol. The van der Waals surface area contributed by atoms with Crippen LogP contribution in [0.4, 0.5) is 11.4 Å². The molecule has 0 saturated carbocycles. The molecule has 0 radical (unpaired) electrons. The summed E-state index contributed by atoms with van der Waals surface area (Å²) in [5.74, 6) is -1.15. The number of nitrogens with one attached hydrogen (secondary N) is 3. The smallest absolute Gasteiger partial charge is 0.329 e. The fraction of sp³-hybridized carbons (Fsp3) is 0.0769. The third-order valence-corrected chi connectivity index (χ3v) is 4.64. The van der Waals surface area contributed by atoms with Crippen LogP contribution in [0.1, 0.15) is 5.56 Å². The zero-order valence-corrected chi connectivity index (χ0v) is 19.8. The standard InChI is InChI=1S/C26H23ClN4O5/c1-2-13-35-22-11-9-20(10-12-22)30-25(33)26(34)31-28-16-18-5-3-8-23(14-18)36-17-24(32)29-21-7-4-6-19(27)15-21/h2-12,14-16H,1,13,17H2,(H,29,32)(H,30,33)(H,31,34)/b28-16-. The Morgan fingerprint density at radius 2 is 1.64 bits per heavy atom. The van der Waals surface area contributed by atoms with Gasteiger partial charge in [-0.25, -0.2) is 5.43 Å². The predicted molar refractivity (Wildman–Crippen MR) is 139 cm³/mol. The third kappa shape index (κ3) is 8.62. The van der Waals surface area contributed by atoms with Gasteiger partial charge in [0, 0.05) is 16.4 Å². The highest BCUT2D eigenvalue weighted by atomic mass is 35.5. The van der Waals surface area contributed by atoms with Gasteiger partial charge in [0.25, 0.3) is 5.91 Å². The van der Waals surface area contributed by atoms with Crippen LogP contribution in [-0.4, -0.2) is 37.1 Å². The quantitative estimate of drug-likeness (QED) is 0.166. The van der Waals surface area contributed by atoms with Gasteiger partial charge in [0.1, 0.15) is 18.1 Å². The van der Waals surface area contributed by atoms with E-state index in [-0.39, 0.29) is 12.5 Å². The second kappa shape index (κ2) is 13.3. The molecule has 0 atom stereocenters. The Morgan fingerprint density at radius 1 is 0.861 bits per heavy atom. The molecular weight excluding hydrogens is 484 g/mol. The molecule has 3 rings (SSSR count). The van der Waals surface area contributed by atoms with Crippen LogP contribution in [0.25, 0.3) is 0 Å². The molecule has 3 N–H and O–H groups in total. The highest BCUT2D eigenvalue weighted by Crippen LogP contribution is 2.17. The van der Waals surface area contributed by atoms with Crippen molar-refractivity contribution in [3.63, 3.8) is 0 Å². The van der Waals surface area contributed by atoms with Gasteiger partial charge >= 0.3 is 11.8 Å². The molecule has 0 aromatic heterocycles. The maximum Gasteiger partial charge on any atom is 0.329 e. The molecule has 10 heteroatoms. The zero-order chi connectivity index (χ0) is 25.8. The number of carbonyl (C=O) groups excluding carboxylic acids is 3. The minimum atomic E-state index is -0.941. The average molecular weight is 507 g/mol. The van der Waals surface area contributed by atoms with Crippen molar-refractivity contribution in [1.29, 1.82) is 0 Å². The van der Waals surface area contributed by atoms with E-state index in [2.05, 4.69) is 27.7 Å². The van der Waals surface area contributed by atoms with E-state index in [4.69, 9.17) is 21.1 Å². The predicted octanol–water partition coefficient (Wildman–Crippen LogP) is 4.01. The molecule has 0 aliphatic rings. The van der Waals surface area contributed by atoms with Crippen LogP contribution in [0.15, 0.2) is 90.6 Å². The van der Waals surface area contributed by atoms with Gasteiger partial charge < -0.3 is 20.1 Å². The number of amides is 3. The summed E-state index contributed by atoms with van der Waals surface area (Å²) in [6, 6.07) is 20.0. The molecule has 3 aromatic rings. The van der Waals surface area contributed by atoms with E-state index in [0.717, 1.165) is 0 Å². The van der Waals surface area contributed by atoms with Gasteiger partial charge in [-0.05, 0) is 60.2 Å². The van der Waals surface area contributed by atoms with Crippen molar-refractivity contribution in [2.24, 2.45) is 5.10 Å². The second-order valence-electron chi connectivity index (χ2n) is 7.20. The number of ether oxygens (including phenoxy) is 2. The SMILES string of the molecule is C=CCOc1ccc(NC(=O)C(=O)N/N=C\c2cccc(OCC(=O)Nc3cccc(Cl)c3)c2)cc1. The van der Waals surface area contributed by atoms with Crippen LogP contribution in [0.5, 0.6) is 11.5 Å². The molecule has 3 amide bonds. The van der Waals surface area contributed by atoms with Crippen LogP contribution in [0.3, 0.4) is 0 Å². The number of nitrogens with zero attached hydrogens (tertiary/aromatic N) is 1. The van der Waals surface area contributed by atoms with Gasteiger partial charge in [-0.15, -0.1) is 0 Å². The number of benzene rings is 3. The molecule has 0 fully saturated rings. The summed E-state index contributed by atoms with van der Waals surface area (Å²) < 4.78 is 10.9. The van der Waals surface area contributed by atoms with Gasteiger partial charge in [-0.3, -0.25) is 14.4 Å². The second-order valence-corrected chi connectivity index (χ2v) is 7.63. The number of rotatable bonds is 10.